The van der Waals surface area contributed by atoms with Crippen molar-refractivity contribution in [1.29, 1.82) is 0 Å². The second-order valence-corrected chi connectivity index (χ2v) is 6.59. The van der Waals surface area contributed by atoms with Crippen LogP contribution < -0.4 is 5.32 Å². The Bertz CT molecular complexity index is 1060. The lowest BCUT2D eigenvalue weighted by Gasteiger charge is -2.27. The fourth-order valence-corrected chi connectivity index (χ4v) is 3.47. The van der Waals surface area contributed by atoms with Gasteiger partial charge in [0.2, 0.25) is 5.91 Å². The Morgan fingerprint density at radius 3 is 2.18 bits per heavy atom. The van der Waals surface area contributed by atoms with E-state index >= 15 is 0 Å². The summed E-state index contributed by atoms with van der Waals surface area (Å²) in [4.78, 5) is 38.7. The van der Waals surface area contributed by atoms with Crippen molar-refractivity contribution in [3.63, 3.8) is 0 Å². The Balaban J connectivity index is 1.45. The minimum Gasteiger partial charge on any atom is -0.354 e. The third-order valence-electron chi connectivity index (χ3n) is 4.82. The molecule has 3 amide bonds. The fraction of sp³-hybridized carbons (Fsp3) is 0.136. The molecular formula is C22H17FN2O3. The molecule has 4 rings (SSSR count). The van der Waals surface area contributed by atoms with E-state index in [9.17, 15) is 18.8 Å². The molecular weight excluding hydrogens is 359 g/mol. The van der Waals surface area contributed by atoms with Gasteiger partial charge in [0.25, 0.3) is 11.8 Å². The highest BCUT2D eigenvalue weighted by Gasteiger charge is 2.32. The van der Waals surface area contributed by atoms with Crippen molar-refractivity contribution in [3.8, 4) is 0 Å². The maximum absolute atomic E-state index is 13.6. The first-order valence-electron chi connectivity index (χ1n) is 8.94. The number of nitrogens with one attached hydrogen (secondary N) is 1. The van der Waals surface area contributed by atoms with Gasteiger partial charge in [-0.25, -0.2) is 4.39 Å². The molecule has 1 aliphatic heterocycles. The van der Waals surface area contributed by atoms with E-state index in [4.69, 9.17) is 0 Å². The lowest BCUT2D eigenvalue weighted by Crippen LogP contribution is -2.44. The molecule has 6 heteroatoms. The number of rotatable bonds is 5. The van der Waals surface area contributed by atoms with Crippen LogP contribution in [0.15, 0.2) is 60.7 Å². The lowest BCUT2D eigenvalue weighted by molar-refractivity contribution is -0.120. The topological polar surface area (TPSA) is 66.5 Å². The molecule has 0 bridgehead atoms. The summed E-state index contributed by atoms with van der Waals surface area (Å²) in [5.41, 5.74) is 1.25. The minimum atomic E-state index is -0.441. The third-order valence-corrected chi connectivity index (χ3v) is 4.82. The molecule has 3 aromatic carbocycles. The van der Waals surface area contributed by atoms with Crippen molar-refractivity contribution in [2.45, 2.75) is 6.42 Å². The number of nitrogens with zero attached hydrogens (tertiary/aromatic N) is 1. The third kappa shape index (κ3) is 3.13. The Kier molecular flexibility index (Phi) is 4.61. The molecule has 28 heavy (non-hydrogen) atoms. The molecule has 1 aliphatic rings. The molecule has 5 nitrogen and oxygen atoms in total. The van der Waals surface area contributed by atoms with Crippen LogP contribution in [0.1, 0.15) is 26.3 Å². The Morgan fingerprint density at radius 2 is 1.54 bits per heavy atom. The van der Waals surface area contributed by atoms with Crippen LogP contribution in [0.3, 0.4) is 0 Å². The van der Waals surface area contributed by atoms with Crippen molar-refractivity contribution in [2.75, 3.05) is 13.1 Å². The molecule has 0 saturated heterocycles. The summed E-state index contributed by atoms with van der Waals surface area (Å²) in [5.74, 6) is -1.57. The molecule has 1 N–H and O–H groups in total. The average Bonchev–Trinajstić information content (AvgIpc) is 2.70. The van der Waals surface area contributed by atoms with Gasteiger partial charge in [-0.15, -0.1) is 0 Å². The van der Waals surface area contributed by atoms with Crippen LogP contribution >= 0.6 is 0 Å². The molecule has 3 aromatic rings. The summed E-state index contributed by atoms with van der Waals surface area (Å²) >= 11 is 0. The lowest BCUT2D eigenvalue weighted by atomic mass is 9.94. The molecule has 0 aromatic heterocycles. The zero-order valence-corrected chi connectivity index (χ0v) is 14.9. The predicted octanol–water partition coefficient (Wildman–Crippen LogP) is 2.93. The van der Waals surface area contributed by atoms with Crippen LogP contribution in [-0.2, 0) is 11.2 Å². The van der Waals surface area contributed by atoms with E-state index in [1.165, 1.54) is 6.07 Å². The fourth-order valence-electron chi connectivity index (χ4n) is 3.47. The van der Waals surface area contributed by atoms with Gasteiger partial charge in [-0.1, -0.05) is 42.5 Å². The number of hydrogen-bond acceptors (Lipinski definition) is 3. The van der Waals surface area contributed by atoms with E-state index in [0.717, 1.165) is 10.3 Å². The normalized spacial score (nSPS) is 13.1. The van der Waals surface area contributed by atoms with E-state index in [1.54, 1.807) is 42.5 Å². The Hall–Kier alpha value is -3.54. The van der Waals surface area contributed by atoms with Gasteiger partial charge >= 0.3 is 0 Å². The number of imide groups is 1. The zero-order chi connectivity index (χ0) is 19.7. The van der Waals surface area contributed by atoms with Crippen molar-refractivity contribution in [1.82, 2.24) is 10.2 Å². The molecule has 0 spiro atoms. The first-order chi connectivity index (χ1) is 13.6. The van der Waals surface area contributed by atoms with Crippen molar-refractivity contribution in [2.24, 2.45) is 0 Å². The van der Waals surface area contributed by atoms with Gasteiger partial charge in [-0.2, -0.15) is 0 Å². The van der Waals surface area contributed by atoms with Gasteiger partial charge in [0, 0.05) is 29.6 Å². The smallest absolute Gasteiger partial charge is 0.261 e. The maximum Gasteiger partial charge on any atom is 0.261 e. The first kappa shape index (κ1) is 17.9. The molecule has 140 valence electrons. The van der Waals surface area contributed by atoms with Gasteiger partial charge in [0.05, 0.1) is 6.42 Å². The Labute approximate surface area is 160 Å². The van der Waals surface area contributed by atoms with Crippen molar-refractivity contribution in [3.05, 3.63) is 83.2 Å². The van der Waals surface area contributed by atoms with Crippen LogP contribution in [-0.4, -0.2) is 35.7 Å². The summed E-state index contributed by atoms with van der Waals surface area (Å²) in [6.45, 7) is 0.147. The summed E-state index contributed by atoms with van der Waals surface area (Å²) in [6, 6.07) is 16.7. The molecule has 0 saturated carbocycles. The molecule has 0 fully saturated rings. The van der Waals surface area contributed by atoms with E-state index in [-0.39, 0.29) is 37.2 Å². The molecule has 0 atom stereocenters. The zero-order valence-electron chi connectivity index (χ0n) is 14.9. The molecule has 1 heterocycles. The van der Waals surface area contributed by atoms with Gasteiger partial charge in [0.15, 0.2) is 0 Å². The van der Waals surface area contributed by atoms with Crippen LogP contribution in [0.25, 0.3) is 10.8 Å². The van der Waals surface area contributed by atoms with Gasteiger partial charge in [0.1, 0.15) is 5.82 Å². The van der Waals surface area contributed by atoms with Crippen molar-refractivity contribution < 1.29 is 18.8 Å². The second kappa shape index (κ2) is 7.23. The van der Waals surface area contributed by atoms with Crippen molar-refractivity contribution >= 4 is 28.5 Å². The molecule has 0 aliphatic carbocycles. The van der Waals surface area contributed by atoms with Crippen LogP contribution in [0.2, 0.25) is 0 Å². The summed E-state index contributed by atoms with van der Waals surface area (Å²) in [7, 11) is 0. The van der Waals surface area contributed by atoms with Gasteiger partial charge in [-0.05, 0) is 29.1 Å². The molecule has 0 radical (unpaired) electrons. The SMILES string of the molecule is O=C(Cc1ccccc1F)NCCN1C(=O)c2cccc3cccc(c23)C1=O. The summed E-state index contributed by atoms with van der Waals surface area (Å²) < 4.78 is 13.6. The minimum absolute atomic E-state index is 0.0470. The van der Waals surface area contributed by atoms with Crippen LogP contribution in [0.4, 0.5) is 4.39 Å². The number of halogens is 1. The highest BCUT2D eigenvalue weighted by Crippen LogP contribution is 2.29. The maximum atomic E-state index is 13.6. The highest BCUT2D eigenvalue weighted by atomic mass is 19.1. The highest BCUT2D eigenvalue weighted by molar-refractivity contribution is 6.25. The second-order valence-electron chi connectivity index (χ2n) is 6.59. The van der Waals surface area contributed by atoms with E-state index in [0.29, 0.717) is 22.1 Å². The van der Waals surface area contributed by atoms with E-state index < -0.39 is 5.82 Å². The predicted molar refractivity (Wildman–Crippen MR) is 102 cm³/mol. The number of amides is 3. The van der Waals surface area contributed by atoms with Crippen LogP contribution in [0, 0.1) is 5.82 Å². The van der Waals surface area contributed by atoms with Gasteiger partial charge < -0.3 is 5.32 Å². The van der Waals surface area contributed by atoms with Crippen LogP contribution in [0.5, 0.6) is 0 Å². The van der Waals surface area contributed by atoms with E-state index in [2.05, 4.69) is 5.32 Å². The number of benzene rings is 3. The number of carbonyl (C=O) groups excluding carboxylic acids is 3. The van der Waals surface area contributed by atoms with Gasteiger partial charge in [-0.3, -0.25) is 19.3 Å². The monoisotopic (exact) mass is 376 g/mol. The summed E-state index contributed by atoms with van der Waals surface area (Å²) in [6.07, 6.45) is -0.100. The largest absolute Gasteiger partial charge is 0.354 e. The standard InChI is InChI=1S/C22H17FN2O3/c23-18-10-2-1-5-15(18)13-19(26)24-11-12-25-21(27)16-8-3-6-14-7-4-9-17(20(14)16)22(25)28/h1-10H,11-13H2,(H,24,26). The number of hydrogen-bond donors (Lipinski definition) is 1. The van der Waals surface area contributed by atoms with E-state index in [1.807, 2.05) is 12.1 Å². The first-order valence-corrected chi connectivity index (χ1v) is 8.94. The average molecular weight is 376 g/mol. The quantitative estimate of drug-likeness (QED) is 0.697. The molecule has 0 unspecified atom stereocenters. The Morgan fingerprint density at radius 1 is 0.893 bits per heavy atom. The summed E-state index contributed by atoms with van der Waals surface area (Å²) in [5, 5.41) is 4.15. The number of carbonyl (C=O) groups is 3.